The first-order chi connectivity index (χ1) is 21.5. The summed E-state index contributed by atoms with van der Waals surface area (Å²) < 4.78 is 160. The molecule has 0 unspecified atom stereocenters. The number of rotatable bonds is 5. The lowest BCUT2D eigenvalue weighted by molar-refractivity contribution is -0.348. The lowest BCUT2D eigenvalue weighted by Crippen LogP contribution is -2.52. The van der Waals surface area contributed by atoms with Crippen LogP contribution in [0.3, 0.4) is 0 Å². The van der Waals surface area contributed by atoms with Crippen molar-refractivity contribution < 1.29 is 62.3 Å². The highest BCUT2D eigenvalue weighted by Crippen LogP contribution is 2.59. The van der Waals surface area contributed by atoms with Gasteiger partial charge in [0.25, 0.3) is 5.91 Å². The molecular weight excluding hydrogens is 628 g/mol. The molecule has 2 aliphatic carbocycles. The average Bonchev–Trinajstić information content (AvgIpc) is 3.49. The third-order valence-electron chi connectivity index (χ3n) is 8.89. The number of amides is 2. The third-order valence-corrected chi connectivity index (χ3v) is 11.5. The summed E-state index contributed by atoms with van der Waals surface area (Å²) in [5, 5.41) is 12.5. The normalized spacial score (nSPS) is 29.0. The van der Waals surface area contributed by atoms with Crippen LogP contribution in [0, 0.1) is 11.7 Å². The number of likely N-dealkylation sites (N-methyl/N-ethyl adjacent to an activating group) is 1. The van der Waals surface area contributed by atoms with Gasteiger partial charge in [0, 0.05) is 35.0 Å². The van der Waals surface area contributed by atoms with Gasteiger partial charge in [-0.1, -0.05) is 18.2 Å². The molecule has 2 aromatic carbocycles. The van der Waals surface area contributed by atoms with E-state index in [9.17, 15) is 58.2 Å². The smallest absolute Gasteiger partial charge is 0.383 e. The van der Waals surface area contributed by atoms with Gasteiger partial charge in [0.05, 0.1) is 4.90 Å². The van der Waals surface area contributed by atoms with Crippen LogP contribution >= 0.6 is 0 Å². The number of alkyl halides is 7. The second kappa shape index (κ2) is 10.4. The van der Waals surface area contributed by atoms with Crippen molar-refractivity contribution in [1.82, 2.24) is 10.2 Å². The van der Waals surface area contributed by atoms with Gasteiger partial charge in [-0.05, 0) is 61.1 Å². The van der Waals surface area contributed by atoms with E-state index in [1.807, 2.05) is 0 Å². The number of hydrogen-bond donors (Lipinski definition) is 2. The topological polar surface area (TPSA) is 104 Å². The number of likely N-dealkylation sites (tertiary alicyclic amines) is 1. The lowest BCUT2D eigenvalue weighted by atomic mass is 9.74. The summed E-state index contributed by atoms with van der Waals surface area (Å²) in [6.07, 6.45) is -16.3. The second-order valence-corrected chi connectivity index (χ2v) is 13.4. The second-order valence-electron chi connectivity index (χ2n) is 11.1. The van der Waals surface area contributed by atoms with Crippen LogP contribution in [0.2, 0.25) is 0 Å². The Morgan fingerprint density at radius 2 is 1.68 bits per heavy atom. The van der Waals surface area contributed by atoms with Crippen molar-refractivity contribution in [3.05, 3.63) is 65.0 Å². The predicted octanol–water partition coefficient (Wildman–Crippen LogP) is 4.22. The highest BCUT2D eigenvalue weighted by Gasteiger charge is 2.74. The Kier molecular flexibility index (Phi) is 6.66. The van der Waals surface area contributed by atoms with Gasteiger partial charge in [-0.3, -0.25) is 9.59 Å². The van der Waals surface area contributed by atoms with Gasteiger partial charge in [-0.15, -0.1) is 0 Å². The molecule has 0 bridgehead atoms. The minimum Gasteiger partial charge on any atom is -0.383 e. The molecule has 44 heavy (non-hydrogen) atoms. The van der Waals surface area contributed by atoms with Gasteiger partial charge in [-0.25, -0.2) is 17.2 Å². The van der Waals surface area contributed by atoms with E-state index in [0.717, 1.165) is 24.3 Å². The fraction of sp³-hybridized carbons (Fsp3) is 0.500. The fourth-order valence-electron chi connectivity index (χ4n) is 6.79. The van der Waals surface area contributed by atoms with Crippen LogP contribution in [0.1, 0.15) is 46.5 Å². The number of nitrogens with one attached hydrogen (secondary N) is 1. The predicted molar refractivity (Wildman–Crippen MR) is 137 cm³/mol. The fourth-order valence-corrected chi connectivity index (χ4v) is 9.26. The molecule has 5 rings (SSSR count). The van der Waals surface area contributed by atoms with Crippen LogP contribution in [0.5, 0.6) is 0 Å². The SMILES string of the molecule is [2H]C([2H])([2H])N1C(=O)[C@@H](O)C[C@@H]1C(=O)N[C@@H]1CC[C@@]2(S(=O)(=O)c3ccc(F)cc3)c3ccc(C(F)(C(F)(F)F)C(F)(F)F)cc3CC[C@@H]12. The van der Waals surface area contributed by atoms with Crippen LogP contribution in [0.15, 0.2) is 47.4 Å². The van der Waals surface area contributed by atoms with E-state index < -0.39 is 98.2 Å². The number of nitrogens with zero attached hydrogens (tertiary/aromatic N) is 1. The van der Waals surface area contributed by atoms with Gasteiger partial charge in [0.1, 0.15) is 22.7 Å². The largest absolute Gasteiger partial charge is 0.435 e. The quantitative estimate of drug-likeness (QED) is 0.371. The van der Waals surface area contributed by atoms with Crippen LogP contribution in [-0.2, 0) is 36.3 Å². The van der Waals surface area contributed by atoms with E-state index >= 15 is 0 Å². The molecule has 0 aromatic heterocycles. The van der Waals surface area contributed by atoms with Crippen molar-refractivity contribution in [2.45, 2.75) is 78.0 Å². The van der Waals surface area contributed by atoms with Crippen molar-refractivity contribution in [2.75, 3.05) is 6.98 Å². The number of fused-ring (bicyclic) bond motifs is 3. The Morgan fingerprint density at radius 3 is 2.27 bits per heavy atom. The zero-order chi connectivity index (χ0) is 35.1. The Bertz CT molecular complexity index is 1690. The molecule has 3 aliphatic rings. The lowest BCUT2D eigenvalue weighted by Gasteiger charge is -2.43. The minimum absolute atomic E-state index is 0.146. The summed E-state index contributed by atoms with van der Waals surface area (Å²) in [7, 11) is -4.69. The first-order valence-electron chi connectivity index (χ1n) is 14.8. The molecule has 1 saturated carbocycles. The number of hydrogen-bond acceptors (Lipinski definition) is 5. The van der Waals surface area contributed by atoms with Gasteiger partial charge < -0.3 is 15.3 Å². The van der Waals surface area contributed by atoms with Crippen LogP contribution in [0.4, 0.5) is 35.1 Å². The van der Waals surface area contributed by atoms with E-state index in [-0.39, 0.29) is 47.8 Å². The van der Waals surface area contributed by atoms with Crippen LogP contribution in [-0.4, -0.2) is 67.8 Å². The Labute approximate surface area is 250 Å². The Morgan fingerprint density at radius 1 is 1.05 bits per heavy atom. The summed E-state index contributed by atoms with van der Waals surface area (Å²) in [4.78, 5) is 25.5. The van der Waals surface area contributed by atoms with Crippen molar-refractivity contribution >= 4 is 21.7 Å². The first kappa shape index (κ1) is 28.2. The number of aliphatic hydroxyl groups excluding tert-OH is 1. The number of halogens is 8. The minimum atomic E-state index is -6.42. The van der Waals surface area contributed by atoms with E-state index in [0.29, 0.717) is 12.1 Å². The Balaban J connectivity index is 1.61. The van der Waals surface area contributed by atoms with E-state index in [2.05, 4.69) is 5.32 Å². The summed E-state index contributed by atoms with van der Waals surface area (Å²) in [6.45, 7) is -3.12. The van der Waals surface area contributed by atoms with Crippen molar-refractivity contribution in [3.8, 4) is 0 Å². The molecule has 7 nitrogen and oxygen atoms in total. The highest BCUT2D eigenvalue weighted by atomic mass is 32.2. The number of aliphatic hydroxyl groups is 1. The van der Waals surface area contributed by atoms with Crippen LogP contribution in [0.25, 0.3) is 0 Å². The van der Waals surface area contributed by atoms with Gasteiger partial charge in [-0.2, -0.15) is 26.3 Å². The summed E-state index contributed by atoms with van der Waals surface area (Å²) >= 11 is 0. The van der Waals surface area contributed by atoms with Gasteiger partial charge in [0.2, 0.25) is 5.91 Å². The molecule has 0 spiro atoms. The molecule has 2 fully saturated rings. The van der Waals surface area contributed by atoms with Crippen molar-refractivity contribution in [1.29, 1.82) is 0 Å². The number of carbonyl (C=O) groups is 2. The van der Waals surface area contributed by atoms with Gasteiger partial charge >= 0.3 is 18.0 Å². The number of aryl methyl sites for hydroxylation is 1. The van der Waals surface area contributed by atoms with E-state index in [1.165, 1.54) is 0 Å². The highest BCUT2D eigenvalue weighted by molar-refractivity contribution is 7.92. The Hall–Kier alpha value is -3.27. The molecule has 5 atom stereocenters. The van der Waals surface area contributed by atoms with Crippen molar-refractivity contribution in [2.24, 2.45) is 5.92 Å². The number of benzene rings is 2. The van der Waals surface area contributed by atoms with Gasteiger partial charge in [0.15, 0.2) is 9.84 Å². The number of carbonyl (C=O) groups excluding carboxylic acids is 2. The maximum Gasteiger partial charge on any atom is 0.435 e. The molecule has 0 radical (unpaired) electrons. The molecule has 2 amide bonds. The third kappa shape index (κ3) is 4.58. The van der Waals surface area contributed by atoms with Crippen LogP contribution < -0.4 is 5.32 Å². The molecule has 2 aromatic rings. The maximum absolute atomic E-state index is 15.0. The molecule has 1 saturated heterocycles. The van der Waals surface area contributed by atoms with Crippen molar-refractivity contribution in [3.63, 3.8) is 0 Å². The monoisotopic (exact) mass is 657 g/mol. The summed E-state index contributed by atoms with van der Waals surface area (Å²) in [5.41, 5.74) is -8.13. The summed E-state index contributed by atoms with van der Waals surface area (Å²) in [6, 6.07) is 1.99. The molecule has 16 heteroatoms. The molecule has 2 N–H and O–H groups in total. The maximum atomic E-state index is 15.0. The number of sulfone groups is 1. The summed E-state index contributed by atoms with van der Waals surface area (Å²) in [5.74, 6) is -4.20. The molecule has 1 heterocycles. The zero-order valence-electron chi connectivity index (χ0n) is 25.3. The standard InChI is InChI=1S/C28H26F8N2O5S/c1-38-21(13-22(39)24(38)41)23(40)37-20-10-11-25(44(42,43)17-6-4-16(29)5-7-17)18-9-3-15(12-14(18)2-8-19(20)25)26(30,27(31,32)33)28(34,35)36/h3-7,9,12,19-22,39H,2,8,10-11,13H2,1H3,(H,37,40)/t19-,20+,21+,22-,25+/m0/s1/i1D3. The van der Waals surface area contributed by atoms with E-state index in [4.69, 9.17) is 4.11 Å². The first-order valence-corrected chi connectivity index (χ1v) is 14.7. The average molecular weight is 658 g/mol. The van der Waals surface area contributed by atoms with E-state index in [1.54, 1.807) is 0 Å². The zero-order valence-corrected chi connectivity index (χ0v) is 23.2. The molecule has 240 valence electrons. The molecular formula is C28H26F8N2O5S. The molecule has 1 aliphatic heterocycles.